The van der Waals surface area contributed by atoms with E-state index in [2.05, 4.69) is 0 Å². The van der Waals surface area contributed by atoms with Gasteiger partial charge in [-0.2, -0.15) is 11.8 Å². The summed E-state index contributed by atoms with van der Waals surface area (Å²) in [6, 6.07) is 5.03. The molecule has 1 aromatic carbocycles. The van der Waals surface area contributed by atoms with Gasteiger partial charge in [0.05, 0.1) is 4.90 Å². The average molecular weight is 241 g/mol. The van der Waals surface area contributed by atoms with Crippen molar-refractivity contribution >= 4 is 32.9 Å². The lowest BCUT2D eigenvalue weighted by molar-refractivity contribution is 0.605. The van der Waals surface area contributed by atoms with Crippen LogP contribution < -0.4 is 5.73 Å². The van der Waals surface area contributed by atoms with Crippen LogP contribution in [0.1, 0.15) is 5.56 Å². The van der Waals surface area contributed by atoms with Gasteiger partial charge in [-0.15, -0.1) is 0 Å². The molecule has 0 unspecified atom stereocenters. The number of anilines is 1. The van der Waals surface area contributed by atoms with E-state index in [4.69, 9.17) is 5.73 Å². The molecule has 1 aromatic rings. The highest BCUT2D eigenvalue weighted by Gasteiger charge is 2.26. The second-order valence-electron chi connectivity index (χ2n) is 3.38. The van der Waals surface area contributed by atoms with Gasteiger partial charge >= 0.3 is 0 Å². The highest BCUT2D eigenvalue weighted by atomic mass is 32.2. The SMILES string of the molecule is CSCC1=CS(=O)(=O)c2cc(N)ccc21. The van der Waals surface area contributed by atoms with E-state index in [1.54, 1.807) is 23.9 Å². The van der Waals surface area contributed by atoms with Gasteiger partial charge in [0.2, 0.25) is 9.84 Å². The van der Waals surface area contributed by atoms with Crippen molar-refractivity contribution in [1.29, 1.82) is 0 Å². The molecule has 0 radical (unpaired) electrons. The fourth-order valence-electron chi connectivity index (χ4n) is 1.62. The lowest BCUT2D eigenvalue weighted by Crippen LogP contribution is -1.95. The summed E-state index contributed by atoms with van der Waals surface area (Å²) in [5.74, 6) is 0.705. The largest absolute Gasteiger partial charge is 0.399 e. The highest BCUT2D eigenvalue weighted by molar-refractivity contribution is 7.99. The van der Waals surface area contributed by atoms with Gasteiger partial charge in [-0.3, -0.25) is 0 Å². The summed E-state index contributed by atoms with van der Waals surface area (Å²) in [6.45, 7) is 0. The number of fused-ring (bicyclic) bond motifs is 1. The average Bonchev–Trinajstić information content (AvgIpc) is 2.39. The molecular formula is C10H11NO2S2. The molecule has 0 fully saturated rings. The maximum absolute atomic E-state index is 11.7. The molecule has 1 heterocycles. The third-order valence-electron chi connectivity index (χ3n) is 2.26. The molecule has 0 aliphatic carbocycles. The molecule has 0 amide bonds. The van der Waals surface area contributed by atoms with Crippen LogP contribution in [0.5, 0.6) is 0 Å². The van der Waals surface area contributed by atoms with E-state index in [0.29, 0.717) is 16.3 Å². The van der Waals surface area contributed by atoms with Crippen molar-refractivity contribution in [3.05, 3.63) is 29.2 Å². The van der Waals surface area contributed by atoms with Crippen LogP contribution in [0.4, 0.5) is 5.69 Å². The second-order valence-corrected chi connectivity index (χ2v) is 6.01. The minimum atomic E-state index is -3.25. The van der Waals surface area contributed by atoms with Crippen molar-refractivity contribution in [2.75, 3.05) is 17.7 Å². The van der Waals surface area contributed by atoms with Crippen molar-refractivity contribution in [1.82, 2.24) is 0 Å². The summed E-state index contributed by atoms with van der Waals surface area (Å²) in [6.07, 6.45) is 1.95. The molecule has 3 nitrogen and oxygen atoms in total. The Balaban J connectivity index is 2.62. The molecule has 0 spiro atoms. The van der Waals surface area contributed by atoms with Gasteiger partial charge in [-0.05, 0) is 29.5 Å². The van der Waals surface area contributed by atoms with Gasteiger partial charge < -0.3 is 5.73 Å². The zero-order valence-corrected chi connectivity index (χ0v) is 9.86. The van der Waals surface area contributed by atoms with E-state index in [1.807, 2.05) is 6.26 Å². The maximum atomic E-state index is 11.7. The third kappa shape index (κ3) is 1.77. The topological polar surface area (TPSA) is 60.2 Å². The minimum Gasteiger partial charge on any atom is -0.399 e. The first-order valence-corrected chi connectivity index (χ1v) is 7.33. The molecule has 2 rings (SSSR count). The van der Waals surface area contributed by atoms with Gasteiger partial charge in [-0.1, -0.05) is 6.07 Å². The monoisotopic (exact) mass is 241 g/mol. The van der Waals surface area contributed by atoms with Gasteiger partial charge in [0, 0.05) is 16.8 Å². The Morgan fingerprint density at radius 3 is 2.80 bits per heavy atom. The van der Waals surface area contributed by atoms with Crippen LogP contribution in [-0.4, -0.2) is 20.4 Å². The van der Waals surface area contributed by atoms with E-state index < -0.39 is 9.84 Å². The van der Waals surface area contributed by atoms with Crippen LogP contribution in [0.15, 0.2) is 28.5 Å². The zero-order chi connectivity index (χ0) is 11.1. The van der Waals surface area contributed by atoms with E-state index in [0.717, 1.165) is 11.1 Å². The summed E-state index contributed by atoms with van der Waals surface area (Å²) < 4.78 is 23.5. The molecule has 1 aliphatic heterocycles. The Labute approximate surface area is 93.3 Å². The third-order valence-corrected chi connectivity index (χ3v) is 4.40. The van der Waals surface area contributed by atoms with Crippen LogP contribution in [-0.2, 0) is 9.84 Å². The molecule has 0 saturated carbocycles. The molecule has 0 aromatic heterocycles. The van der Waals surface area contributed by atoms with Crippen LogP contribution in [0.25, 0.3) is 5.57 Å². The molecule has 15 heavy (non-hydrogen) atoms. The minimum absolute atomic E-state index is 0.339. The Hall–Kier alpha value is -0.940. The molecule has 80 valence electrons. The van der Waals surface area contributed by atoms with E-state index in [9.17, 15) is 8.42 Å². The van der Waals surface area contributed by atoms with Gasteiger partial charge in [-0.25, -0.2) is 8.42 Å². The van der Waals surface area contributed by atoms with E-state index >= 15 is 0 Å². The molecule has 0 bridgehead atoms. The number of hydrogen-bond donors (Lipinski definition) is 1. The van der Waals surface area contributed by atoms with Crippen LogP contribution in [0, 0.1) is 0 Å². The van der Waals surface area contributed by atoms with Crippen LogP contribution >= 0.6 is 11.8 Å². The van der Waals surface area contributed by atoms with Gasteiger partial charge in [0.15, 0.2) is 0 Å². The smallest absolute Gasteiger partial charge is 0.200 e. The molecule has 2 N–H and O–H groups in total. The Morgan fingerprint density at radius 2 is 2.13 bits per heavy atom. The number of nitrogens with two attached hydrogens (primary N) is 1. The van der Waals surface area contributed by atoms with E-state index in [1.165, 1.54) is 11.5 Å². The first kappa shape index (κ1) is 10.6. The quantitative estimate of drug-likeness (QED) is 0.801. The second kappa shape index (κ2) is 3.57. The van der Waals surface area contributed by atoms with Crippen molar-refractivity contribution in [2.24, 2.45) is 0 Å². The number of sulfone groups is 1. The molecule has 5 heteroatoms. The standard InChI is InChI=1S/C10H11NO2S2/c1-14-5-7-6-15(12,13)10-4-8(11)2-3-9(7)10/h2-4,6H,5,11H2,1H3. The van der Waals surface area contributed by atoms with Gasteiger partial charge in [0.25, 0.3) is 0 Å². The van der Waals surface area contributed by atoms with Crippen molar-refractivity contribution < 1.29 is 8.42 Å². The van der Waals surface area contributed by atoms with Crippen molar-refractivity contribution in [3.63, 3.8) is 0 Å². The number of rotatable bonds is 2. The molecular weight excluding hydrogens is 230 g/mol. The Bertz CT molecular complexity index is 532. The van der Waals surface area contributed by atoms with Crippen LogP contribution in [0.3, 0.4) is 0 Å². The van der Waals surface area contributed by atoms with Crippen molar-refractivity contribution in [3.8, 4) is 0 Å². The highest BCUT2D eigenvalue weighted by Crippen LogP contribution is 2.35. The molecule has 0 saturated heterocycles. The Kier molecular flexibility index (Phi) is 2.52. The zero-order valence-electron chi connectivity index (χ0n) is 8.23. The fourth-order valence-corrected chi connectivity index (χ4v) is 3.79. The summed E-state index contributed by atoms with van der Waals surface area (Å²) in [5, 5.41) is 1.34. The van der Waals surface area contributed by atoms with Crippen molar-refractivity contribution in [2.45, 2.75) is 4.90 Å². The first-order chi connectivity index (χ1) is 7.04. The summed E-state index contributed by atoms with van der Waals surface area (Å²) in [5.41, 5.74) is 7.71. The predicted octanol–water partition coefficient (Wildman–Crippen LogP) is 1.76. The van der Waals surface area contributed by atoms with Gasteiger partial charge in [0.1, 0.15) is 0 Å². The maximum Gasteiger partial charge on any atom is 0.200 e. The first-order valence-electron chi connectivity index (χ1n) is 4.39. The summed E-state index contributed by atoms with van der Waals surface area (Å²) >= 11 is 1.60. The number of nitrogen functional groups attached to an aromatic ring is 1. The number of thioether (sulfide) groups is 1. The Morgan fingerprint density at radius 1 is 1.40 bits per heavy atom. The number of hydrogen-bond acceptors (Lipinski definition) is 4. The lowest BCUT2D eigenvalue weighted by Gasteiger charge is -2.03. The fraction of sp³-hybridized carbons (Fsp3) is 0.200. The normalized spacial score (nSPS) is 17.3. The molecule has 1 aliphatic rings. The lowest BCUT2D eigenvalue weighted by atomic mass is 10.1. The summed E-state index contributed by atoms with van der Waals surface area (Å²) in [7, 11) is -3.25. The molecule has 0 atom stereocenters. The summed E-state index contributed by atoms with van der Waals surface area (Å²) in [4.78, 5) is 0.339. The predicted molar refractivity (Wildman–Crippen MR) is 64.4 cm³/mol. The number of benzene rings is 1. The van der Waals surface area contributed by atoms with E-state index in [-0.39, 0.29) is 0 Å². The van der Waals surface area contributed by atoms with Crippen LogP contribution in [0.2, 0.25) is 0 Å².